The van der Waals surface area contributed by atoms with Gasteiger partial charge in [0.15, 0.2) is 0 Å². The van der Waals surface area contributed by atoms with Crippen LogP contribution in [-0.4, -0.2) is 49.0 Å². The summed E-state index contributed by atoms with van der Waals surface area (Å²) in [6.45, 7) is 15.3. The Kier molecular flexibility index (Phi) is 4.15. The van der Waals surface area contributed by atoms with Crippen LogP contribution in [0.25, 0.3) is 0 Å². The topological polar surface area (TPSA) is 21.7 Å². The fraction of sp³-hybridized carbons (Fsp3) is 1.00. The van der Waals surface area contributed by atoms with E-state index in [1.165, 1.54) is 0 Å². The molecule has 0 radical (unpaired) electrons. The van der Waals surface area contributed by atoms with E-state index in [0.29, 0.717) is 0 Å². The molecule has 1 heterocycles. The second-order valence-corrected chi connectivity index (χ2v) is 5.81. The molecule has 90 valence electrons. The lowest BCUT2D eigenvalue weighted by molar-refractivity contribution is -0.0839. The van der Waals surface area contributed by atoms with Gasteiger partial charge in [-0.05, 0) is 34.6 Å². The molecule has 1 aliphatic heterocycles. The van der Waals surface area contributed by atoms with E-state index >= 15 is 0 Å². The summed E-state index contributed by atoms with van der Waals surface area (Å²) in [5, 5.41) is 0. The van der Waals surface area contributed by atoms with Crippen LogP contribution in [0.5, 0.6) is 0 Å². The second-order valence-electron chi connectivity index (χ2n) is 5.81. The highest BCUT2D eigenvalue weighted by Crippen LogP contribution is 2.19. The molecule has 0 bridgehead atoms. The number of hydrogen-bond donors (Lipinski definition) is 0. The third kappa shape index (κ3) is 4.49. The molecule has 1 saturated heterocycles. The maximum Gasteiger partial charge on any atom is 0.0652 e. The molecule has 0 amide bonds. The van der Waals surface area contributed by atoms with Gasteiger partial charge >= 0.3 is 0 Å². The van der Waals surface area contributed by atoms with Gasteiger partial charge in [-0.1, -0.05) is 0 Å². The van der Waals surface area contributed by atoms with Crippen LogP contribution >= 0.6 is 0 Å². The van der Waals surface area contributed by atoms with E-state index < -0.39 is 0 Å². The molecule has 1 aliphatic rings. The molecule has 0 aromatic carbocycles. The highest BCUT2D eigenvalue weighted by Gasteiger charge is 2.29. The first-order valence-electron chi connectivity index (χ1n) is 5.78. The number of morpholine rings is 1. The van der Waals surface area contributed by atoms with Gasteiger partial charge in [-0.2, -0.15) is 0 Å². The summed E-state index contributed by atoms with van der Waals surface area (Å²) in [6, 6.07) is 0. The third-order valence-corrected chi connectivity index (χ3v) is 2.73. The molecule has 15 heavy (non-hydrogen) atoms. The van der Waals surface area contributed by atoms with Crippen LogP contribution in [-0.2, 0) is 9.47 Å². The first kappa shape index (κ1) is 12.9. The van der Waals surface area contributed by atoms with E-state index in [1.807, 2.05) is 0 Å². The Morgan fingerprint density at radius 3 is 2.07 bits per heavy atom. The summed E-state index contributed by atoms with van der Waals surface area (Å²) in [5.74, 6) is 0. The van der Waals surface area contributed by atoms with Gasteiger partial charge in [0.25, 0.3) is 0 Å². The van der Waals surface area contributed by atoms with Gasteiger partial charge in [-0.25, -0.2) is 0 Å². The van der Waals surface area contributed by atoms with Gasteiger partial charge in [-0.15, -0.1) is 0 Å². The van der Waals surface area contributed by atoms with Gasteiger partial charge in [0, 0.05) is 18.6 Å². The summed E-state index contributed by atoms with van der Waals surface area (Å²) in [6.07, 6.45) is 0. The largest absolute Gasteiger partial charge is 0.379 e. The Hall–Kier alpha value is -0.120. The summed E-state index contributed by atoms with van der Waals surface area (Å²) in [4.78, 5) is 2.45. The first-order valence-corrected chi connectivity index (χ1v) is 5.78. The van der Waals surface area contributed by atoms with Gasteiger partial charge in [0.05, 0.1) is 25.4 Å². The first-order chi connectivity index (χ1) is 6.81. The Morgan fingerprint density at radius 1 is 1.07 bits per heavy atom. The van der Waals surface area contributed by atoms with Crippen molar-refractivity contribution in [3.8, 4) is 0 Å². The average Bonchev–Trinajstić information content (AvgIpc) is 2.16. The molecule has 3 heteroatoms. The smallest absolute Gasteiger partial charge is 0.0652 e. The van der Waals surface area contributed by atoms with E-state index in [2.05, 4.69) is 39.5 Å². The van der Waals surface area contributed by atoms with Crippen molar-refractivity contribution in [3.63, 3.8) is 0 Å². The minimum absolute atomic E-state index is 0.0520. The molecule has 0 spiro atoms. The highest BCUT2D eigenvalue weighted by atomic mass is 16.5. The summed E-state index contributed by atoms with van der Waals surface area (Å²) in [5.41, 5.74) is 0.0562. The van der Waals surface area contributed by atoms with Crippen LogP contribution in [0.3, 0.4) is 0 Å². The predicted molar refractivity (Wildman–Crippen MR) is 62.2 cm³/mol. The van der Waals surface area contributed by atoms with Crippen molar-refractivity contribution in [2.75, 3.05) is 32.9 Å². The van der Waals surface area contributed by atoms with Crippen molar-refractivity contribution >= 4 is 0 Å². The molecule has 1 rings (SSSR count). The fourth-order valence-electron chi connectivity index (χ4n) is 1.65. The molecule has 0 N–H and O–H groups in total. The maximum absolute atomic E-state index is 5.86. The van der Waals surface area contributed by atoms with Gasteiger partial charge < -0.3 is 9.47 Å². The van der Waals surface area contributed by atoms with Crippen molar-refractivity contribution in [3.05, 3.63) is 0 Å². The molecule has 0 aliphatic carbocycles. The van der Waals surface area contributed by atoms with Crippen LogP contribution in [0, 0.1) is 0 Å². The zero-order valence-corrected chi connectivity index (χ0v) is 10.8. The molecular formula is C12H25NO2. The maximum atomic E-state index is 5.86. The second kappa shape index (κ2) is 4.81. The average molecular weight is 215 g/mol. The van der Waals surface area contributed by atoms with Gasteiger partial charge in [0.2, 0.25) is 0 Å². The fourth-order valence-corrected chi connectivity index (χ4v) is 1.65. The Morgan fingerprint density at radius 2 is 1.60 bits per heavy atom. The molecule has 1 fully saturated rings. The standard InChI is InChI=1S/C12H25NO2/c1-11(2,3)15-10-12(4,5)13-6-8-14-9-7-13/h6-10H2,1-5H3. The van der Waals surface area contributed by atoms with Gasteiger partial charge in [0.1, 0.15) is 0 Å². The van der Waals surface area contributed by atoms with Crippen LogP contribution in [0.15, 0.2) is 0 Å². The van der Waals surface area contributed by atoms with Crippen LogP contribution in [0.4, 0.5) is 0 Å². The predicted octanol–water partition coefficient (Wildman–Crippen LogP) is 1.91. The van der Waals surface area contributed by atoms with E-state index in [4.69, 9.17) is 9.47 Å². The van der Waals surface area contributed by atoms with Crippen molar-refractivity contribution < 1.29 is 9.47 Å². The highest BCUT2D eigenvalue weighted by molar-refractivity contribution is 4.83. The normalized spacial score (nSPS) is 20.6. The van der Waals surface area contributed by atoms with Crippen molar-refractivity contribution in [2.24, 2.45) is 0 Å². The monoisotopic (exact) mass is 215 g/mol. The lowest BCUT2D eigenvalue weighted by atomic mass is 10.0. The lowest BCUT2D eigenvalue weighted by Gasteiger charge is -2.41. The van der Waals surface area contributed by atoms with E-state index in [0.717, 1.165) is 32.9 Å². The molecule has 0 aromatic heterocycles. The lowest BCUT2D eigenvalue weighted by Crippen LogP contribution is -2.53. The minimum Gasteiger partial charge on any atom is -0.379 e. The number of rotatable bonds is 3. The van der Waals surface area contributed by atoms with E-state index in [-0.39, 0.29) is 11.1 Å². The molecule has 3 nitrogen and oxygen atoms in total. The van der Waals surface area contributed by atoms with E-state index in [9.17, 15) is 0 Å². The van der Waals surface area contributed by atoms with Gasteiger partial charge in [-0.3, -0.25) is 4.90 Å². The van der Waals surface area contributed by atoms with Crippen LogP contribution < -0.4 is 0 Å². The zero-order valence-electron chi connectivity index (χ0n) is 10.8. The number of nitrogens with zero attached hydrogens (tertiary/aromatic N) is 1. The number of hydrogen-bond acceptors (Lipinski definition) is 3. The van der Waals surface area contributed by atoms with Crippen molar-refractivity contribution in [1.82, 2.24) is 4.90 Å². The minimum atomic E-state index is -0.0520. The molecule has 0 saturated carbocycles. The number of ether oxygens (including phenoxy) is 2. The molecule has 0 aromatic rings. The van der Waals surface area contributed by atoms with E-state index in [1.54, 1.807) is 0 Å². The zero-order chi connectivity index (χ0) is 11.5. The Balaban J connectivity index is 2.42. The molecule has 0 atom stereocenters. The van der Waals surface area contributed by atoms with Crippen LogP contribution in [0.1, 0.15) is 34.6 Å². The Bertz CT molecular complexity index is 190. The summed E-state index contributed by atoms with van der Waals surface area (Å²) < 4.78 is 11.2. The van der Waals surface area contributed by atoms with Crippen molar-refractivity contribution in [2.45, 2.75) is 45.8 Å². The molecule has 0 unspecified atom stereocenters. The quantitative estimate of drug-likeness (QED) is 0.718. The third-order valence-electron chi connectivity index (χ3n) is 2.73. The van der Waals surface area contributed by atoms with Crippen molar-refractivity contribution in [1.29, 1.82) is 0 Å². The van der Waals surface area contributed by atoms with Crippen LogP contribution in [0.2, 0.25) is 0 Å². The Labute approximate surface area is 93.7 Å². The molecular weight excluding hydrogens is 190 g/mol. The summed E-state index contributed by atoms with van der Waals surface area (Å²) in [7, 11) is 0. The SMILES string of the molecule is CC(C)(C)OCC(C)(C)N1CCOCC1. The summed E-state index contributed by atoms with van der Waals surface area (Å²) >= 11 is 0.